The van der Waals surface area contributed by atoms with E-state index >= 15 is 0 Å². The Morgan fingerprint density at radius 3 is 2.57 bits per heavy atom. The SMILES string of the molecule is Cl.Cl.NC1CCCC(C(=O)NC2CCN3CCCC3C2)C1. The molecule has 1 amide bonds. The van der Waals surface area contributed by atoms with Gasteiger partial charge in [0.1, 0.15) is 0 Å². The van der Waals surface area contributed by atoms with Crippen molar-refractivity contribution in [3.05, 3.63) is 0 Å². The zero-order valence-electron chi connectivity index (χ0n) is 12.6. The van der Waals surface area contributed by atoms with Gasteiger partial charge in [0.05, 0.1) is 0 Å². The van der Waals surface area contributed by atoms with Crippen LogP contribution in [-0.4, -0.2) is 42.0 Å². The Morgan fingerprint density at radius 1 is 1.00 bits per heavy atom. The molecule has 2 heterocycles. The van der Waals surface area contributed by atoms with E-state index in [-0.39, 0.29) is 42.7 Å². The van der Waals surface area contributed by atoms with E-state index in [2.05, 4.69) is 10.2 Å². The largest absolute Gasteiger partial charge is 0.353 e. The van der Waals surface area contributed by atoms with Crippen LogP contribution in [-0.2, 0) is 4.79 Å². The first-order chi connectivity index (χ1) is 9.22. The van der Waals surface area contributed by atoms with Crippen molar-refractivity contribution in [2.45, 2.75) is 69.5 Å². The van der Waals surface area contributed by atoms with E-state index in [1.165, 1.54) is 25.9 Å². The van der Waals surface area contributed by atoms with E-state index in [1.54, 1.807) is 0 Å². The molecule has 0 radical (unpaired) electrons. The topological polar surface area (TPSA) is 58.4 Å². The van der Waals surface area contributed by atoms with Crippen molar-refractivity contribution in [3.8, 4) is 0 Å². The second-order valence-electron chi connectivity index (χ2n) is 6.69. The van der Waals surface area contributed by atoms with E-state index in [1.807, 2.05) is 0 Å². The van der Waals surface area contributed by atoms with Crippen molar-refractivity contribution in [2.75, 3.05) is 13.1 Å². The van der Waals surface area contributed by atoms with Gasteiger partial charge in [-0.05, 0) is 51.5 Å². The van der Waals surface area contributed by atoms with Crippen LogP contribution in [0.15, 0.2) is 0 Å². The Morgan fingerprint density at radius 2 is 1.81 bits per heavy atom. The van der Waals surface area contributed by atoms with Crippen molar-refractivity contribution in [2.24, 2.45) is 11.7 Å². The number of halogens is 2. The molecule has 124 valence electrons. The smallest absolute Gasteiger partial charge is 0.223 e. The first-order valence-corrected chi connectivity index (χ1v) is 8.02. The average molecular weight is 338 g/mol. The predicted molar refractivity (Wildman–Crippen MR) is 90.2 cm³/mol. The third-order valence-electron chi connectivity index (χ3n) is 5.25. The minimum absolute atomic E-state index is 0. The van der Waals surface area contributed by atoms with Crippen LogP contribution in [0.3, 0.4) is 0 Å². The van der Waals surface area contributed by atoms with Gasteiger partial charge in [-0.3, -0.25) is 4.79 Å². The van der Waals surface area contributed by atoms with Gasteiger partial charge >= 0.3 is 0 Å². The first kappa shape index (κ1) is 19.0. The van der Waals surface area contributed by atoms with Crippen molar-refractivity contribution >= 4 is 30.7 Å². The molecule has 1 aliphatic carbocycles. The van der Waals surface area contributed by atoms with Gasteiger partial charge in [-0.2, -0.15) is 0 Å². The number of rotatable bonds is 2. The van der Waals surface area contributed by atoms with Crippen LogP contribution in [0.4, 0.5) is 0 Å². The Kier molecular flexibility index (Phi) is 7.75. The molecule has 1 saturated carbocycles. The number of nitrogens with one attached hydrogen (secondary N) is 1. The molecule has 0 bridgehead atoms. The molecule has 21 heavy (non-hydrogen) atoms. The third kappa shape index (κ3) is 4.72. The number of carbonyl (C=O) groups is 1. The maximum Gasteiger partial charge on any atom is 0.223 e. The number of fused-ring (bicyclic) bond motifs is 1. The molecule has 3 rings (SSSR count). The molecule has 4 atom stereocenters. The Hall–Kier alpha value is -0.0300. The fraction of sp³-hybridized carbons (Fsp3) is 0.933. The summed E-state index contributed by atoms with van der Waals surface area (Å²) in [7, 11) is 0. The molecule has 0 aromatic carbocycles. The molecule has 4 nitrogen and oxygen atoms in total. The lowest BCUT2D eigenvalue weighted by Crippen LogP contribution is -2.49. The van der Waals surface area contributed by atoms with E-state index in [9.17, 15) is 4.79 Å². The molecule has 0 spiro atoms. The molecule has 0 aromatic rings. The number of carbonyl (C=O) groups excluding carboxylic acids is 1. The van der Waals surface area contributed by atoms with Crippen LogP contribution < -0.4 is 11.1 Å². The van der Waals surface area contributed by atoms with Gasteiger partial charge < -0.3 is 16.0 Å². The van der Waals surface area contributed by atoms with Gasteiger partial charge in [0.2, 0.25) is 5.91 Å². The van der Waals surface area contributed by atoms with Gasteiger partial charge in [0, 0.05) is 30.6 Å². The van der Waals surface area contributed by atoms with Gasteiger partial charge in [0.15, 0.2) is 0 Å². The third-order valence-corrected chi connectivity index (χ3v) is 5.25. The molecule has 3 aliphatic rings. The lowest BCUT2D eigenvalue weighted by atomic mass is 9.85. The minimum Gasteiger partial charge on any atom is -0.353 e. The summed E-state index contributed by atoms with van der Waals surface area (Å²) < 4.78 is 0. The lowest BCUT2D eigenvalue weighted by Gasteiger charge is -2.36. The Labute approximate surface area is 140 Å². The highest BCUT2D eigenvalue weighted by Crippen LogP contribution is 2.28. The van der Waals surface area contributed by atoms with Gasteiger partial charge in [-0.25, -0.2) is 0 Å². The second kappa shape index (κ2) is 8.56. The highest BCUT2D eigenvalue weighted by Gasteiger charge is 2.33. The van der Waals surface area contributed by atoms with E-state index in [0.717, 1.165) is 44.6 Å². The van der Waals surface area contributed by atoms with Crippen LogP contribution in [0.25, 0.3) is 0 Å². The zero-order valence-corrected chi connectivity index (χ0v) is 14.3. The molecule has 0 aromatic heterocycles. The molecular formula is C15H29Cl2N3O. The predicted octanol–water partition coefficient (Wildman–Crippen LogP) is 2.09. The van der Waals surface area contributed by atoms with E-state index in [0.29, 0.717) is 6.04 Å². The molecular weight excluding hydrogens is 309 g/mol. The quantitative estimate of drug-likeness (QED) is 0.811. The summed E-state index contributed by atoms with van der Waals surface area (Å²) in [6.45, 7) is 2.43. The fourth-order valence-corrected chi connectivity index (χ4v) is 4.14. The van der Waals surface area contributed by atoms with Crippen LogP contribution in [0.1, 0.15) is 51.4 Å². The van der Waals surface area contributed by atoms with Crippen molar-refractivity contribution in [3.63, 3.8) is 0 Å². The summed E-state index contributed by atoms with van der Waals surface area (Å²) in [5.41, 5.74) is 5.98. The van der Waals surface area contributed by atoms with Gasteiger partial charge in [0.25, 0.3) is 0 Å². The summed E-state index contributed by atoms with van der Waals surface area (Å²) in [5, 5.41) is 3.30. The molecule has 3 fully saturated rings. The number of nitrogens with two attached hydrogens (primary N) is 1. The molecule has 3 N–H and O–H groups in total. The monoisotopic (exact) mass is 337 g/mol. The average Bonchev–Trinajstić information content (AvgIpc) is 2.86. The summed E-state index contributed by atoms with van der Waals surface area (Å²) >= 11 is 0. The van der Waals surface area contributed by atoms with Crippen molar-refractivity contribution in [1.82, 2.24) is 10.2 Å². The highest BCUT2D eigenvalue weighted by molar-refractivity contribution is 5.85. The summed E-state index contributed by atoms with van der Waals surface area (Å²) in [4.78, 5) is 14.9. The molecule has 6 heteroatoms. The lowest BCUT2D eigenvalue weighted by molar-refractivity contribution is -0.127. The molecule has 2 saturated heterocycles. The first-order valence-electron chi connectivity index (χ1n) is 8.02. The van der Waals surface area contributed by atoms with Crippen molar-refractivity contribution < 1.29 is 4.79 Å². The number of hydrogen-bond donors (Lipinski definition) is 2. The van der Waals surface area contributed by atoms with Crippen molar-refractivity contribution in [1.29, 1.82) is 0 Å². The van der Waals surface area contributed by atoms with Gasteiger partial charge in [-0.1, -0.05) is 6.42 Å². The van der Waals surface area contributed by atoms with Crippen LogP contribution in [0.5, 0.6) is 0 Å². The minimum atomic E-state index is 0. The number of nitrogens with zero attached hydrogens (tertiary/aromatic N) is 1. The molecule has 2 aliphatic heterocycles. The van der Waals surface area contributed by atoms with Crippen LogP contribution in [0, 0.1) is 5.92 Å². The summed E-state index contributed by atoms with van der Waals surface area (Å²) in [6, 6.07) is 1.37. The summed E-state index contributed by atoms with van der Waals surface area (Å²) in [5.74, 6) is 0.442. The van der Waals surface area contributed by atoms with Gasteiger partial charge in [-0.15, -0.1) is 24.8 Å². The highest BCUT2D eigenvalue weighted by atomic mass is 35.5. The normalized spacial score (nSPS) is 36.0. The van der Waals surface area contributed by atoms with Crippen LogP contribution >= 0.6 is 24.8 Å². The van der Waals surface area contributed by atoms with E-state index < -0.39 is 0 Å². The number of amides is 1. The second-order valence-corrected chi connectivity index (χ2v) is 6.69. The Balaban J connectivity index is 0.00000110. The number of hydrogen-bond acceptors (Lipinski definition) is 3. The standard InChI is InChI=1S/C15H27N3O.2ClH/c16-12-4-1-3-11(9-12)15(19)17-13-6-8-18-7-2-5-14(18)10-13;;/h11-14H,1-10,16H2,(H,17,19);2*1H. The number of piperidine rings is 1. The fourth-order valence-electron chi connectivity index (χ4n) is 4.14. The summed E-state index contributed by atoms with van der Waals surface area (Å²) in [6.07, 6.45) is 9.05. The maximum absolute atomic E-state index is 12.3. The maximum atomic E-state index is 12.3. The van der Waals surface area contributed by atoms with E-state index in [4.69, 9.17) is 5.73 Å². The Bertz CT molecular complexity index is 343. The van der Waals surface area contributed by atoms with Crippen LogP contribution in [0.2, 0.25) is 0 Å². The zero-order chi connectivity index (χ0) is 13.2. The molecule has 4 unspecified atom stereocenters.